The number of rotatable bonds is 7. The van der Waals surface area contributed by atoms with Crippen LogP contribution in [0.1, 0.15) is 41.8 Å². The van der Waals surface area contributed by atoms with Crippen molar-refractivity contribution in [2.75, 3.05) is 45.9 Å². The van der Waals surface area contributed by atoms with E-state index in [0.717, 1.165) is 38.4 Å². The topological polar surface area (TPSA) is 87.9 Å². The number of hydrogen-bond acceptors (Lipinski definition) is 6. The average Bonchev–Trinajstić information content (AvgIpc) is 3.41. The molecule has 4 rings (SSSR count). The zero-order chi connectivity index (χ0) is 19.5. The lowest BCUT2D eigenvalue weighted by Crippen LogP contribution is -2.52. The van der Waals surface area contributed by atoms with Crippen molar-refractivity contribution in [2.24, 2.45) is 11.8 Å². The van der Waals surface area contributed by atoms with Crippen LogP contribution in [0.2, 0.25) is 0 Å². The summed E-state index contributed by atoms with van der Waals surface area (Å²) < 4.78 is 10.5. The number of carbonyl (C=O) groups excluding carboxylic acids is 2. The first-order valence-corrected chi connectivity index (χ1v) is 10.4. The number of ether oxygens (including phenoxy) is 1. The van der Waals surface area contributed by atoms with E-state index in [1.807, 2.05) is 4.90 Å². The van der Waals surface area contributed by atoms with Gasteiger partial charge in [0.1, 0.15) is 17.9 Å². The van der Waals surface area contributed by atoms with Crippen LogP contribution in [-0.4, -0.2) is 78.8 Å². The summed E-state index contributed by atoms with van der Waals surface area (Å²) in [6.07, 6.45) is 6.35. The zero-order valence-electron chi connectivity index (χ0n) is 16.6. The molecule has 1 atom stereocenters. The minimum atomic E-state index is -0.228. The van der Waals surface area contributed by atoms with Crippen LogP contribution in [0.25, 0.3) is 0 Å². The molecule has 0 spiro atoms. The molecule has 3 heterocycles. The number of aryl methyl sites for hydroxylation is 1. The second-order valence-corrected chi connectivity index (χ2v) is 8.42. The highest BCUT2D eigenvalue weighted by molar-refractivity contribution is 5.94. The molecule has 28 heavy (non-hydrogen) atoms. The lowest BCUT2D eigenvalue weighted by molar-refractivity contribution is -0.149. The number of carbonyl (C=O) groups is 2. The molecule has 0 bridgehead atoms. The van der Waals surface area contributed by atoms with E-state index in [0.29, 0.717) is 30.3 Å². The molecule has 1 saturated carbocycles. The zero-order valence-corrected chi connectivity index (χ0v) is 16.6. The molecule has 1 N–H and O–H groups in total. The van der Waals surface area contributed by atoms with Gasteiger partial charge in [-0.1, -0.05) is 5.16 Å². The molecule has 8 heteroatoms. The third kappa shape index (κ3) is 4.91. The van der Waals surface area contributed by atoms with Gasteiger partial charge in [0.2, 0.25) is 5.91 Å². The normalized spacial score (nSPS) is 24.5. The van der Waals surface area contributed by atoms with Crippen LogP contribution in [0, 0.1) is 18.8 Å². The lowest BCUT2D eigenvalue weighted by Gasteiger charge is -2.38. The van der Waals surface area contributed by atoms with Crippen LogP contribution < -0.4 is 5.32 Å². The highest BCUT2D eigenvalue weighted by atomic mass is 16.5. The Morgan fingerprint density at radius 1 is 1.21 bits per heavy atom. The largest absolute Gasteiger partial charge is 0.365 e. The summed E-state index contributed by atoms with van der Waals surface area (Å²) >= 11 is 0. The van der Waals surface area contributed by atoms with Gasteiger partial charge in [0.05, 0.1) is 12.3 Å². The van der Waals surface area contributed by atoms with Crippen LogP contribution in [0.4, 0.5) is 0 Å². The van der Waals surface area contributed by atoms with Crippen molar-refractivity contribution in [1.29, 1.82) is 0 Å². The fourth-order valence-corrected chi connectivity index (χ4v) is 4.13. The van der Waals surface area contributed by atoms with Gasteiger partial charge in [-0.2, -0.15) is 0 Å². The lowest BCUT2D eigenvalue weighted by atomic mass is 9.95. The Morgan fingerprint density at radius 2 is 1.96 bits per heavy atom. The van der Waals surface area contributed by atoms with Crippen molar-refractivity contribution in [3.8, 4) is 0 Å². The van der Waals surface area contributed by atoms with Gasteiger partial charge in [-0.25, -0.2) is 0 Å². The summed E-state index contributed by atoms with van der Waals surface area (Å²) in [7, 11) is 0. The van der Waals surface area contributed by atoms with Crippen LogP contribution in [-0.2, 0) is 9.53 Å². The van der Waals surface area contributed by atoms with Gasteiger partial charge in [-0.3, -0.25) is 9.59 Å². The quantitative estimate of drug-likeness (QED) is 0.749. The van der Waals surface area contributed by atoms with E-state index in [9.17, 15) is 9.59 Å². The van der Waals surface area contributed by atoms with Crippen molar-refractivity contribution >= 4 is 11.8 Å². The molecule has 1 aromatic heterocycles. The summed E-state index contributed by atoms with van der Waals surface area (Å²) in [5, 5.41) is 6.48. The van der Waals surface area contributed by atoms with Gasteiger partial charge in [0, 0.05) is 26.2 Å². The minimum absolute atomic E-state index is 0.0536. The Bertz CT molecular complexity index is 694. The summed E-state index contributed by atoms with van der Waals surface area (Å²) in [5.74, 6) is 1.82. The molecular formula is C20H30N4O4. The molecule has 2 saturated heterocycles. The van der Waals surface area contributed by atoms with Crippen molar-refractivity contribution in [3.63, 3.8) is 0 Å². The van der Waals surface area contributed by atoms with Crippen LogP contribution in [0.5, 0.6) is 0 Å². The molecule has 2 amide bonds. The van der Waals surface area contributed by atoms with Crippen LogP contribution in [0.15, 0.2) is 10.7 Å². The summed E-state index contributed by atoms with van der Waals surface area (Å²) in [6, 6.07) is 0. The summed E-state index contributed by atoms with van der Waals surface area (Å²) in [4.78, 5) is 29.0. The molecule has 3 aliphatic rings. The number of morpholine rings is 1. The summed E-state index contributed by atoms with van der Waals surface area (Å²) in [5.41, 5.74) is 0.432. The predicted molar refractivity (Wildman–Crippen MR) is 102 cm³/mol. The van der Waals surface area contributed by atoms with E-state index in [1.54, 1.807) is 6.92 Å². The second-order valence-electron chi connectivity index (χ2n) is 8.42. The Morgan fingerprint density at radius 3 is 2.64 bits per heavy atom. The maximum Gasteiger partial charge on any atom is 0.256 e. The van der Waals surface area contributed by atoms with Gasteiger partial charge in [0.15, 0.2) is 0 Å². The first kappa shape index (κ1) is 19.4. The van der Waals surface area contributed by atoms with Crippen molar-refractivity contribution in [1.82, 2.24) is 20.3 Å². The third-order valence-corrected chi connectivity index (χ3v) is 6.10. The van der Waals surface area contributed by atoms with E-state index >= 15 is 0 Å². The van der Waals surface area contributed by atoms with Crippen molar-refractivity contribution < 1.29 is 18.8 Å². The summed E-state index contributed by atoms with van der Waals surface area (Å²) in [6.45, 7) is 7.06. The molecule has 154 valence electrons. The maximum atomic E-state index is 12.3. The molecule has 0 radical (unpaired) electrons. The molecule has 2 aliphatic heterocycles. The fraction of sp³-hybridized carbons (Fsp3) is 0.750. The smallest absolute Gasteiger partial charge is 0.256 e. The number of piperidine rings is 1. The minimum Gasteiger partial charge on any atom is -0.365 e. The molecule has 0 aromatic carbocycles. The van der Waals surface area contributed by atoms with E-state index in [1.165, 1.54) is 25.6 Å². The van der Waals surface area contributed by atoms with E-state index in [2.05, 4.69) is 15.4 Å². The Balaban J connectivity index is 1.21. The SMILES string of the molecule is Cc1oncc1C(=O)NCC1CN(CC2CCN(CC3CC3)CC2)C(=O)CO1. The van der Waals surface area contributed by atoms with Gasteiger partial charge < -0.3 is 24.4 Å². The maximum absolute atomic E-state index is 12.3. The number of aromatic nitrogens is 1. The number of amides is 2. The fourth-order valence-electron chi connectivity index (χ4n) is 4.13. The number of likely N-dealkylation sites (tertiary alicyclic amines) is 1. The highest BCUT2D eigenvalue weighted by Crippen LogP contribution is 2.31. The Kier molecular flexibility index (Phi) is 5.96. The highest BCUT2D eigenvalue weighted by Gasteiger charge is 2.31. The molecule has 3 fully saturated rings. The van der Waals surface area contributed by atoms with Gasteiger partial charge in [-0.05, 0) is 57.5 Å². The van der Waals surface area contributed by atoms with E-state index < -0.39 is 0 Å². The Labute approximate surface area is 165 Å². The Hall–Kier alpha value is -1.93. The molecule has 1 unspecified atom stereocenters. The first-order chi connectivity index (χ1) is 13.6. The van der Waals surface area contributed by atoms with Crippen LogP contribution in [0.3, 0.4) is 0 Å². The van der Waals surface area contributed by atoms with E-state index in [-0.39, 0.29) is 24.5 Å². The second kappa shape index (κ2) is 8.61. The standard InChI is InChI=1S/C20H30N4O4/c1-14-18(9-22-28-14)20(26)21-8-17-12-24(19(25)13-27-17)11-16-4-6-23(7-5-16)10-15-2-3-15/h9,15-17H,2-8,10-13H2,1H3,(H,21,26). The number of hydrogen-bond donors (Lipinski definition) is 1. The molecular weight excluding hydrogens is 360 g/mol. The van der Waals surface area contributed by atoms with Crippen LogP contribution >= 0.6 is 0 Å². The van der Waals surface area contributed by atoms with Gasteiger partial charge in [-0.15, -0.1) is 0 Å². The third-order valence-electron chi connectivity index (χ3n) is 6.10. The van der Waals surface area contributed by atoms with Gasteiger partial charge in [0.25, 0.3) is 5.91 Å². The van der Waals surface area contributed by atoms with Crippen molar-refractivity contribution in [2.45, 2.75) is 38.7 Å². The van der Waals surface area contributed by atoms with Gasteiger partial charge >= 0.3 is 0 Å². The first-order valence-electron chi connectivity index (χ1n) is 10.4. The molecule has 8 nitrogen and oxygen atoms in total. The average molecular weight is 390 g/mol. The van der Waals surface area contributed by atoms with E-state index in [4.69, 9.17) is 9.26 Å². The molecule has 1 aromatic rings. The predicted octanol–water partition coefficient (Wildman–Crippen LogP) is 1.06. The number of nitrogens with one attached hydrogen (secondary N) is 1. The van der Waals surface area contributed by atoms with Crippen molar-refractivity contribution in [3.05, 3.63) is 17.5 Å². The number of nitrogens with zero attached hydrogens (tertiary/aromatic N) is 3. The molecule has 1 aliphatic carbocycles. The monoisotopic (exact) mass is 390 g/mol.